The highest BCUT2D eigenvalue weighted by Crippen LogP contribution is 2.17. The molecule has 1 aliphatic rings. The first kappa shape index (κ1) is 12.9. The predicted octanol–water partition coefficient (Wildman–Crippen LogP) is 1.83. The highest BCUT2D eigenvalue weighted by Gasteiger charge is 2.21. The number of ether oxygens (including phenoxy) is 1. The summed E-state index contributed by atoms with van der Waals surface area (Å²) in [5, 5.41) is 0. The minimum Gasteiger partial charge on any atom is -0.459 e. The highest BCUT2D eigenvalue weighted by molar-refractivity contribution is 5.90. The van der Waals surface area contributed by atoms with E-state index in [4.69, 9.17) is 10.5 Å². The summed E-state index contributed by atoms with van der Waals surface area (Å²) in [6.07, 6.45) is 1.85. The molecule has 0 aromatic heterocycles. The third kappa shape index (κ3) is 3.23. The Morgan fingerprint density at radius 3 is 2.61 bits per heavy atom. The van der Waals surface area contributed by atoms with Gasteiger partial charge in [-0.1, -0.05) is 0 Å². The number of hydrogen-bond donors (Lipinski definition) is 1. The van der Waals surface area contributed by atoms with E-state index in [0.717, 1.165) is 31.5 Å². The smallest absolute Gasteiger partial charge is 0.338 e. The van der Waals surface area contributed by atoms with E-state index in [1.54, 1.807) is 6.07 Å². The molecule has 1 aromatic rings. The van der Waals surface area contributed by atoms with Gasteiger partial charge in [-0.25, -0.2) is 4.79 Å². The number of carbonyl (C=O) groups excluding carboxylic acids is 1. The van der Waals surface area contributed by atoms with Crippen LogP contribution in [0.25, 0.3) is 0 Å². The number of nitrogens with two attached hydrogens (primary N) is 1. The van der Waals surface area contributed by atoms with Gasteiger partial charge >= 0.3 is 5.97 Å². The van der Waals surface area contributed by atoms with E-state index >= 15 is 0 Å². The van der Waals surface area contributed by atoms with Crippen molar-refractivity contribution in [3.05, 3.63) is 29.3 Å². The molecule has 2 rings (SSSR count). The van der Waals surface area contributed by atoms with Gasteiger partial charge in [0.05, 0.1) is 5.56 Å². The maximum atomic E-state index is 12.0. The summed E-state index contributed by atoms with van der Waals surface area (Å²) in [4.78, 5) is 14.3. The van der Waals surface area contributed by atoms with Crippen LogP contribution in [0.5, 0.6) is 0 Å². The molecule has 1 aliphatic heterocycles. The number of likely N-dealkylation sites (tertiary alicyclic amines) is 1. The lowest BCUT2D eigenvalue weighted by Gasteiger charge is -2.28. The first-order valence-electron chi connectivity index (χ1n) is 6.31. The first-order chi connectivity index (χ1) is 8.54. The molecule has 0 bridgehead atoms. The first-order valence-corrected chi connectivity index (χ1v) is 6.31. The average Bonchev–Trinajstić information content (AvgIpc) is 2.31. The Labute approximate surface area is 108 Å². The largest absolute Gasteiger partial charge is 0.459 e. The van der Waals surface area contributed by atoms with Crippen LogP contribution in [0.15, 0.2) is 18.2 Å². The Kier molecular flexibility index (Phi) is 3.87. The molecule has 0 amide bonds. The van der Waals surface area contributed by atoms with Crippen LogP contribution >= 0.6 is 0 Å². The molecule has 98 valence electrons. The quantitative estimate of drug-likeness (QED) is 0.641. The fourth-order valence-electron chi connectivity index (χ4n) is 2.25. The minimum atomic E-state index is -0.264. The van der Waals surface area contributed by atoms with Crippen LogP contribution < -0.4 is 5.73 Å². The van der Waals surface area contributed by atoms with Crippen molar-refractivity contribution >= 4 is 11.7 Å². The number of anilines is 1. The van der Waals surface area contributed by atoms with E-state index in [9.17, 15) is 4.79 Å². The molecule has 0 unspecified atom stereocenters. The maximum absolute atomic E-state index is 12.0. The molecular weight excluding hydrogens is 228 g/mol. The van der Waals surface area contributed by atoms with Crippen molar-refractivity contribution in [2.75, 3.05) is 25.9 Å². The van der Waals surface area contributed by atoms with Crippen molar-refractivity contribution < 1.29 is 9.53 Å². The summed E-state index contributed by atoms with van der Waals surface area (Å²) in [6, 6.07) is 5.32. The zero-order chi connectivity index (χ0) is 13.1. The lowest BCUT2D eigenvalue weighted by atomic mass is 10.1. The van der Waals surface area contributed by atoms with Crippen molar-refractivity contribution in [3.8, 4) is 0 Å². The normalized spacial score (nSPS) is 17.7. The maximum Gasteiger partial charge on any atom is 0.338 e. The van der Waals surface area contributed by atoms with Gasteiger partial charge < -0.3 is 15.4 Å². The van der Waals surface area contributed by atoms with Gasteiger partial charge in [0.15, 0.2) is 0 Å². The van der Waals surface area contributed by atoms with E-state index in [-0.39, 0.29) is 12.1 Å². The standard InChI is InChI=1S/C14H20N2O2/c1-10-7-11(9-12(15)8-10)14(17)18-13-3-5-16(2)6-4-13/h7-9,13H,3-6,15H2,1-2H3. The Bertz CT molecular complexity index is 417. The van der Waals surface area contributed by atoms with Gasteiger partial charge in [-0.2, -0.15) is 0 Å². The predicted molar refractivity (Wildman–Crippen MR) is 71.5 cm³/mol. The zero-order valence-corrected chi connectivity index (χ0v) is 11.0. The Morgan fingerprint density at radius 1 is 1.33 bits per heavy atom. The van der Waals surface area contributed by atoms with Crippen LogP contribution in [-0.2, 0) is 4.74 Å². The van der Waals surface area contributed by atoms with Gasteiger partial charge in [-0.05, 0) is 50.6 Å². The highest BCUT2D eigenvalue weighted by atomic mass is 16.5. The number of nitrogen functional groups attached to an aromatic ring is 1. The molecule has 4 nitrogen and oxygen atoms in total. The monoisotopic (exact) mass is 248 g/mol. The fraction of sp³-hybridized carbons (Fsp3) is 0.500. The van der Waals surface area contributed by atoms with E-state index in [0.29, 0.717) is 11.3 Å². The van der Waals surface area contributed by atoms with Gasteiger partial charge in [0.1, 0.15) is 6.10 Å². The number of piperidine rings is 1. The second-order valence-corrected chi connectivity index (χ2v) is 5.04. The number of esters is 1. The summed E-state index contributed by atoms with van der Waals surface area (Å²) in [5.74, 6) is -0.264. The molecule has 0 spiro atoms. The topological polar surface area (TPSA) is 55.6 Å². The molecule has 18 heavy (non-hydrogen) atoms. The van der Waals surface area contributed by atoms with Crippen molar-refractivity contribution in [2.45, 2.75) is 25.9 Å². The minimum absolute atomic E-state index is 0.0374. The summed E-state index contributed by atoms with van der Waals surface area (Å²) >= 11 is 0. The number of hydrogen-bond acceptors (Lipinski definition) is 4. The molecule has 0 atom stereocenters. The van der Waals surface area contributed by atoms with Crippen LogP contribution in [0.1, 0.15) is 28.8 Å². The SMILES string of the molecule is Cc1cc(N)cc(C(=O)OC2CCN(C)CC2)c1. The van der Waals surface area contributed by atoms with E-state index in [2.05, 4.69) is 11.9 Å². The number of benzene rings is 1. The van der Waals surface area contributed by atoms with Crippen molar-refractivity contribution in [1.29, 1.82) is 0 Å². The van der Waals surface area contributed by atoms with Gasteiger partial charge in [0.2, 0.25) is 0 Å². The summed E-state index contributed by atoms with van der Waals surface area (Å²) in [5.41, 5.74) is 7.86. The third-order valence-electron chi connectivity index (χ3n) is 3.27. The summed E-state index contributed by atoms with van der Waals surface area (Å²) < 4.78 is 5.51. The molecule has 0 radical (unpaired) electrons. The second kappa shape index (κ2) is 5.40. The number of rotatable bonds is 2. The lowest BCUT2D eigenvalue weighted by molar-refractivity contribution is 0.0139. The van der Waals surface area contributed by atoms with Crippen molar-refractivity contribution in [1.82, 2.24) is 4.90 Å². The number of nitrogens with zero attached hydrogens (tertiary/aromatic N) is 1. The molecule has 2 N–H and O–H groups in total. The van der Waals surface area contributed by atoms with Gasteiger partial charge in [0.25, 0.3) is 0 Å². The Hall–Kier alpha value is -1.55. The molecule has 0 saturated carbocycles. The molecule has 1 aromatic carbocycles. The fourth-order valence-corrected chi connectivity index (χ4v) is 2.25. The lowest BCUT2D eigenvalue weighted by Crippen LogP contribution is -2.35. The van der Waals surface area contributed by atoms with Crippen LogP contribution in [0.2, 0.25) is 0 Å². The molecule has 1 saturated heterocycles. The number of aryl methyl sites for hydroxylation is 1. The average molecular weight is 248 g/mol. The number of carbonyl (C=O) groups is 1. The van der Waals surface area contributed by atoms with E-state index in [1.807, 2.05) is 19.1 Å². The molecular formula is C14H20N2O2. The zero-order valence-electron chi connectivity index (χ0n) is 11.0. The van der Waals surface area contributed by atoms with E-state index < -0.39 is 0 Å². The molecule has 0 aliphatic carbocycles. The van der Waals surface area contributed by atoms with Crippen molar-refractivity contribution in [3.63, 3.8) is 0 Å². The third-order valence-corrected chi connectivity index (χ3v) is 3.27. The van der Waals surface area contributed by atoms with E-state index in [1.165, 1.54) is 0 Å². The second-order valence-electron chi connectivity index (χ2n) is 5.04. The van der Waals surface area contributed by atoms with Gasteiger partial charge in [0, 0.05) is 18.8 Å². The molecule has 1 fully saturated rings. The Balaban J connectivity index is 1.99. The van der Waals surface area contributed by atoms with Crippen LogP contribution in [-0.4, -0.2) is 37.1 Å². The Morgan fingerprint density at radius 2 is 2.00 bits per heavy atom. The molecule has 4 heteroatoms. The summed E-state index contributed by atoms with van der Waals surface area (Å²) in [7, 11) is 2.08. The van der Waals surface area contributed by atoms with Crippen LogP contribution in [0.4, 0.5) is 5.69 Å². The van der Waals surface area contributed by atoms with Crippen LogP contribution in [0.3, 0.4) is 0 Å². The molecule has 1 heterocycles. The van der Waals surface area contributed by atoms with Gasteiger partial charge in [-0.3, -0.25) is 0 Å². The summed E-state index contributed by atoms with van der Waals surface area (Å²) in [6.45, 7) is 3.88. The van der Waals surface area contributed by atoms with Gasteiger partial charge in [-0.15, -0.1) is 0 Å². The van der Waals surface area contributed by atoms with Crippen LogP contribution in [0, 0.1) is 6.92 Å². The van der Waals surface area contributed by atoms with Crippen molar-refractivity contribution in [2.24, 2.45) is 0 Å².